The smallest absolute Gasteiger partial charge is 0.0417 e. The molecular weight excluding hydrogens is 192 g/mol. The van der Waals surface area contributed by atoms with E-state index in [1.165, 1.54) is 64.2 Å². The lowest BCUT2D eigenvalue weighted by Crippen LogP contribution is -1.98. The molecule has 0 amide bonds. The predicted molar refractivity (Wildman–Crippen MR) is 75.8 cm³/mol. The third-order valence-corrected chi connectivity index (χ3v) is 3.69. The van der Waals surface area contributed by atoms with E-state index in [4.69, 9.17) is 0 Å². The van der Waals surface area contributed by atoms with Gasteiger partial charge >= 0.3 is 0 Å². The van der Waals surface area contributed by atoms with E-state index in [1.54, 1.807) is 0 Å². The Balaban J connectivity index is 3.27. The molecule has 0 aliphatic heterocycles. The predicted octanol–water partition coefficient (Wildman–Crippen LogP) is 6.20. The van der Waals surface area contributed by atoms with E-state index in [-0.39, 0.29) is 0 Å². The molecule has 0 bridgehead atoms. The van der Waals surface area contributed by atoms with Gasteiger partial charge in [-0.25, -0.2) is 0 Å². The van der Waals surface area contributed by atoms with Crippen molar-refractivity contribution in [1.82, 2.24) is 0 Å². The SMILES string of the molecule is CCCCC(CC)CCCCCCC(C)C. The van der Waals surface area contributed by atoms with Crippen molar-refractivity contribution in [2.45, 2.75) is 91.9 Å². The summed E-state index contributed by atoms with van der Waals surface area (Å²) in [6.07, 6.45) is 14.4. The molecule has 0 aliphatic carbocycles. The van der Waals surface area contributed by atoms with E-state index >= 15 is 0 Å². The third-order valence-electron chi connectivity index (χ3n) is 3.69. The van der Waals surface area contributed by atoms with Crippen LogP contribution in [0.5, 0.6) is 0 Å². The Kier molecular flexibility index (Phi) is 11.5. The zero-order chi connectivity index (χ0) is 12.2. The minimum Gasteiger partial charge on any atom is -0.0654 e. The standard InChI is InChI=1S/C16H34/c1-5-7-13-16(6-2)14-11-9-8-10-12-15(3)4/h15-16H,5-14H2,1-4H3. The molecule has 0 heteroatoms. The first kappa shape index (κ1) is 16.0. The van der Waals surface area contributed by atoms with Crippen molar-refractivity contribution in [1.29, 1.82) is 0 Å². The van der Waals surface area contributed by atoms with Crippen molar-refractivity contribution in [2.75, 3.05) is 0 Å². The van der Waals surface area contributed by atoms with Crippen molar-refractivity contribution in [2.24, 2.45) is 11.8 Å². The lowest BCUT2D eigenvalue weighted by molar-refractivity contribution is 0.397. The summed E-state index contributed by atoms with van der Waals surface area (Å²) in [5, 5.41) is 0. The summed E-state index contributed by atoms with van der Waals surface area (Å²) < 4.78 is 0. The Morgan fingerprint density at radius 1 is 0.688 bits per heavy atom. The second-order valence-electron chi connectivity index (χ2n) is 5.80. The van der Waals surface area contributed by atoms with Gasteiger partial charge in [-0.2, -0.15) is 0 Å². The molecule has 0 aromatic rings. The molecule has 0 heterocycles. The molecule has 1 unspecified atom stereocenters. The van der Waals surface area contributed by atoms with Crippen LogP contribution in [-0.4, -0.2) is 0 Å². The maximum Gasteiger partial charge on any atom is -0.0417 e. The van der Waals surface area contributed by atoms with Gasteiger partial charge in [-0.3, -0.25) is 0 Å². The Bertz CT molecular complexity index is 126. The quantitative estimate of drug-likeness (QED) is 0.368. The summed E-state index contributed by atoms with van der Waals surface area (Å²) in [6.45, 7) is 9.33. The van der Waals surface area contributed by atoms with Gasteiger partial charge in [0.2, 0.25) is 0 Å². The topological polar surface area (TPSA) is 0 Å². The monoisotopic (exact) mass is 226 g/mol. The van der Waals surface area contributed by atoms with Crippen LogP contribution < -0.4 is 0 Å². The lowest BCUT2D eigenvalue weighted by Gasteiger charge is -2.14. The van der Waals surface area contributed by atoms with Crippen LogP contribution in [0.2, 0.25) is 0 Å². The molecule has 98 valence electrons. The van der Waals surface area contributed by atoms with Crippen LogP contribution in [0.1, 0.15) is 91.9 Å². The Labute approximate surface area is 104 Å². The minimum atomic E-state index is 0.896. The van der Waals surface area contributed by atoms with Crippen LogP contribution in [0, 0.1) is 11.8 Å². The van der Waals surface area contributed by atoms with Crippen LogP contribution >= 0.6 is 0 Å². The van der Waals surface area contributed by atoms with E-state index in [1.807, 2.05) is 0 Å². The summed E-state index contributed by atoms with van der Waals surface area (Å²) in [5.41, 5.74) is 0. The highest BCUT2D eigenvalue weighted by molar-refractivity contribution is 4.58. The normalized spacial score (nSPS) is 13.3. The molecule has 0 N–H and O–H groups in total. The number of hydrogen-bond donors (Lipinski definition) is 0. The summed E-state index contributed by atoms with van der Waals surface area (Å²) in [6, 6.07) is 0. The van der Waals surface area contributed by atoms with E-state index in [9.17, 15) is 0 Å². The number of rotatable bonds is 11. The van der Waals surface area contributed by atoms with Crippen LogP contribution in [0.15, 0.2) is 0 Å². The first-order chi connectivity index (χ1) is 7.70. The fraction of sp³-hybridized carbons (Fsp3) is 1.00. The Morgan fingerprint density at radius 3 is 1.75 bits per heavy atom. The summed E-state index contributed by atoms with van der Waals surface area (Å²) in [4.78, 5) is 0. The number of hydrogen-bond acceptors (Lipinski definition) is 0. The maximum absolute atomic E-state index is 2.36. The molecule has 0 saturated heterocycles. The van der Waals surface area contributed by atoms with Gasteiger partial charge in [0.05, 0.1) is 0 Å². The summed E-state index contributed by atoms with van der Waals surface area (Å²) in [5.74, 6) is 1.91. The first-order valence-electron chi connectivity index (χ1n) is 7.70. The fourth-order valence-electron chi connectivity index (χ4n) is 2.38. The maximum atomic E-state index is 2.36. The third kappa shape index (κ3) is 10.5. The van der Waals surface area contributed by atoms with Gasteiger partial charge < -0.3 is 0 Å². The average Bonchev–Trinajstić information content (AvgIpc) is 2.26. The van der Waals surface area contributed by atoms with Crippen LogP contribution in [0.4, 0.5) is 0 Å². The molecular formula is C16H34. The van der Waals surface area contributed by atoms with Crippen molar-refractivity contribution in [3.8, 4) is 0 Å². The van der Waals surface area contributed by atoms with Crippen LogP contribution in [0.3, 0.4) is 0 Å². The molecule has 0 spiro atoms. The first-order valence-corrected chi connectivity index (χ1v) is 7.70. The molecule has 0 fully saturated rings. The fourth-order valence-corrected chi connectivity index (χ4v) is 2.38. The van der Waals surface area contributed by atoms with Gasteiger partial charge in [0.1, 0.15) is 0 Å². The largest absolute Gasteiger partial charge is 0.0654 e. The van der Waals surface area contributed by atoms with E-state index in [0.717, 1.165) is 11.8 Å². The van der Waals surface area contributed by atoms with Crippen molar-refractivity contribution in [3.63, 3.8) is 0 Å². The van der Waals surface area contributed by atoms with Gasteiger partial charge in [-0.1, -0.05) is 91.9 Å². The van der Waals surface area contributed by atoms with Crippen molar-refractivity contribution in [3.05, 3.63) is 0 Å². The summed E-state index contributed by atoms with van der Waals surface area (Å²) in [7, 11) is 0. The molecule has 0 rings (SSSR count). The highest BCUT2D eigenvalue weighted by Gasteiger charge is 2.05. The molecule has 0 saturated carbocycles. The number of unbranched alkanes of at least 4 members (excludes halogenated alkanes) is 4. The molecule has 16 heavy (non-hydrogen) atoms. The highest BCUT2D eigenvalue weighted by Crippen LogP contribution is 2.20. The second-order valence-corrected chi connectivity index (χ2v) is 5.80. The minimum absolute atomic E-state index is 0.896. The van der Waals surface area contributed by atoms with Gasteiger partial charge in [-0.05, 0) is 11.8 Å². The molecule has 0 aromatic heterocycles. The van der Waals surface area contributed by atoms with E-state index < -0.39 is 0 Å². The molecule has 0 nitrogen and oxygen atoms in total. The van der Waals surface area contributed by atoms with E-state index in [0.29, 0.717) is 0 Å². The Hall–Kier alpha value is 0. The van der Waals surface area contributed by atoms with Crippen LogP contribution in [-0.2, 0) is 0 Å². The average molecular weight is 226 g/mol. The highest BCUT2D eigenvalue weighted by atomic mass is 14.1. The molecule has 1 atom stereocenters. The lowest BCUT2D eigenvalue weighted by atomic mass is 9.93. The molecule has 0 radical (unpaired) electrons. The van der Waals surface area contributed by atoms with E-state index in [2.05, 4.69) is 27.7 Å². The summed E-state index contributed by atoms with van der Waals surface area (Å²) >= 11 is 0. The van der Waals surface area contributed by atoms with Gasteiger partial charge in [0.25, 0.3) is 0 Å². The van der Waals surface area contributed by atoms with Gasteiger partial charge in [0, 0.05) is 0 Å². The second kappa shape index (κ2) is 11.5. The zero-order valence-electron chi connectivity index (χ0n) is 12.2. The zero-order valence-corrected chi connectivity index (χ0v) is 12.2. The van der Waals surface area contributed by atoms with Gasteiger partial charge in [0.15, 0.2) is 0 Å². The Morgan fingerprint density at radius 2 is 1.25 bits per heavy atom. The molecule has 0 aliphatic rings. The molecule has 0 aromatic carbocycles. The van der Waals surface area contributed by atoms with Crippen molar-refractivity contribution >= 4 is 0 Å². The van der Waals surface area contributed by atoms with Crippen LogP contribution in [0.25, 0.3) is 0 Å². The van der Waals surface area contributed by atoms with Gasteiger partial charge in [-0.15, -0.1) is 0 Å². The van der Waals surface area contributed by atoms with Crippen molar-refractivity contribution < 1.29 is 0 Å².